The van der Waals surface area contributed by atoms with Gasteiger partial charge in [0.25, 0.3) is 11.4 Å². The van der Waals surface area contributed by atoms with E-state index in [1.807, 2.05) is 12.1 Å². The second-order valence-electron chi connectivity index (χ2n) is 7.55. The van der Waals surface area contributed by atoms with Gasteiger partial charge in [-0.3, -0.25) is 9.69 Å². The molecule has 1 aliphatic rings. The molecule has 0 spiro atoms. The van der Waals surface area contributed by atoms with E-state index >= 15 is 0 Å². The van der Waals surface area contributed by atoms with E-state index in [4.69, 9.17) is 4.52 Å². The van der Waals surface area contributed by atoms with E-state index in [1.165, 1.54) is 59.5 Å². The minimum atomic E-state index is -0.388. The zero-order chi connectivity index (χ0) is 21.2. The van der Waals surface area contributed by atoms with Crippen molar-refractivity contribution in [3.8, 4) is 28.7 Å². The predicted molar refractivity (Wildman–Crippen MR) is 113 cm³/mol. The minimum absolute atomic E-state index is 0.201. The summed E-state index contributed by atoms with van der Waals surface area (Å²) in [5.74, 6) is 0.261. The standard InChI is InChI=1S/C23H20FN5O2/c24-18-7-9-19(10-8-18)29-21(30)12-11-20(26-29)23-25-22(27-31-23)17-5-3-16(4-6-17)15-28-13-1-2-14-28/h3-12H,1-2,13-15H2. The summed E-state index contributed by atoms with van der Waals surface area (Å²) in [6.45, 7) is 3.26. The van der Waals surface area contributed by atoms with Crippen LogP contribution in [0, 0.1) is 5.82 Å². The van der Waals surface area contributed by atoms with E-state index in [1.54, 1.807) is 0 Å². The monoisotopic (exact) mass is 417 g/mol. The van der Waals surface area contributed by atoms with Gasteiger partial charge in [-0.1, -0.05) is 29.4 Å². The zero-order valence-corrected chi connectivity index (χ0v) is 16.7. The van der Waals surface area contributed by atoms with Gasteiger partial charge in [-0.05, 0) is 61.8 Å². The van der Waals surface area contributed by atoms with Crippen LogP contribution in [0.3, 0.4) is 0 Å². The van der Waals surface area contributed by atoms with E-state index in [0.29, 0.717) is 17.2 Å². The smallest absolute Gasteiger partial charge is 0.278 e. The Morgan fingerprint density at radius 2 is 1.68 bits per heavy atom. The number of benzene rings is 2. The first kappa shape index (κ1) is 19.3. The van der Waals surface area contributed by atoms with E-state index < -0.39 is 0 Å². The summed E-state index contributed by atoms with van der Waals surface area (Å²) in [6.07, 6.45) is 2.54. The molecular formula is C23H20FN5O2. The summed E-state index contributed by atoms with van der Waals surface area (Å²) in [7, 11) is 0. The highest BCUT2D eigenvalue weighted by atomic mass is 19.1. The lowest BCUT2D eigenvalue weighted by molar-refractivity contribution is 0.331. The third kappa shape index (κ3) is 4.15. The summed E-state index contributed by atoms with van der Waals surface area (Å²) < 4.78 is 19.8. The molecule has 7 nitrogen and oxygen atoms in total. The van der Waals surface area contributed by atoms with E-state index in [9.17, 15) is 9.18 Å². The Morgan fingerprint density at radius 3 is 2.42 bits per heavy atom. The Kier molecular flexibility index (Phi) is 5.13. The van der Waals surface area contributed by atoms with Gasteiger partial charge in [0.05, 0.1) is 5.69 Å². The fourth-order valence-corrected chi connectivity index (χ4v) is 3.70. The molecule has 31 heavy (non-hydrogen) atoms. The molecule has 4 aromatic rings. The molecule has 0 saturated carbocycles. The van der Waals surface area contributed by atoms with Crippen molar-refractivity contribution in [2.45, 2.75) is 19.4 Å². The Morgan fingerprint density at radius 1 is 0.935 bits per heavy atom. The van der Waals surface area contributed by atoms with Crippen molar-refractivity contribution in [3.05, 3.63) is 82.4 Å². The first-order valence-corrected chi connectivity index (χ1v) is 10.2. The average molecular weight is 417 g/mol. The summed E-state index contributed by atoms with van der Waals surface area (Å²) in [6, 6.07) is 16.5. The summed E-state index contributed by atoms with van der Waals surface area (Å²) in [5, 5.41) is 8.36. The van der Waals surface area contributed by atoms with Crippen LogP contribution in [0.15, 0.2) is 70.0 Å². The fraction of sp³-hybridized carbons (Fsp3) is 0.217. The Labute approximate surface area is 177 Å². The quantitative estimate of drug-likeness (QED) is 0.493. The molecule has 8 heteroatoms. The maximum Gasteiger partial charge on any atom is 0.278 e. The third-order valence-electron chi connectivity index (χ3n) is 5.33. The van der Waals surface area contributed by atoms with Crippen LogP contribution < -0.4 is 5.56 Å². The molecule has 3 heterocycles. The molecule has 1 aliphatic heterocycles. The van der Waals surface area contributed by atoms with Gasteiger partial charge in [0.15, 0.2) is 0 Å². The van der Waals surface area contributed by atoms with Crippen molar-refractivity contribution in [2.75, 3.05) is 13.1 Å². The average Bonchev–Trinajstić information content (AvgIpc) is 3.48. The molecule has 0 unspecified atom stereocenters. The van der Waals surface area contributed by atoms with Crippen LogP contribution in [-0.4, -0.2) is 37.9 Å². The van der Waals surface area contributed by atoms with Gasteiger partial charge in [0, 0.05) is 18.2 Å². The predicted octanol–water partition coefficient (Wildman–Crippen LogP) is 3.68. The topological polar surface area (TPSA) is 77.1 Å². The lowest BCUT2D eigenvalue weighted by Gasteiger charge is -2.14. The summed E-state index contributed by atoms with van der Waals surface area (Å²) in [4.78, 5) is 19.1. The minimum Gasteiger partial charge on any atom is -0.332 e. The second kappa shape index (κ2) is 8.23. The van der Waals surface area contributed by atoms with Gasteiger partial charge in [-0.25, -0.2) is 4.39 Å². The summed E-state index contributed by atoms with van der Waals surface area (Å²) >= 11 is 0. The van der Waals surface area contributed by atoms with Crippen LogP contribution >= 0.6 is 0 Å². The highest BCUT2D eigenvalue weighted by molar-refractivity contribution is 5.58. The molecule has 5 rings (SSSR count). The Hall–Kier alpha value is -3.65. The largest absolute Gasteiger partial charge is 0.332 e. The normalized spacial score (nSPS) is 14.2. The Balaban J connectivity index is 1.38. The maximum atomic E-state index is 13.2. The molecule has 0 radical (unpaired) electrons. The third-order valence-corrected chi connectivity index (χ3v) is 5.33. The van der Waals surface area contributed by atoms with Crippen LogP contribution in [0.2, 0.25) is 0 Å². The molecule has 0 bridgehead atoms. The van der Waals surface area contributed by atoms with Crippen molar-refractivity contribution in [3.63, 3.8) is 0 Å². The second-order valence-corrected chi connectivity index (χ2v) is 7.55. The summed E-state index contributed by atoms with van der Waals surface area (Å²) in [5.41, 5.74) is 2.55. The molecule has 156 valence electrons. The number of hydrogen-bond donors (Lipinski definition) is 0. The first-order chi connectivity index (χ1) is 15.2. The van der Waals surface area contributed by atoms with Crippen LogP contribution in [0.4, 0.5) is 4.39 Å². The van der Waals surface area contributed by atoms with Crippen molar-refractivity contribution in [1.82, 2.24) is 24.8 Å². The van der Waals surface area contributed by atoms with E-state index in [0.717, 1.165) is 25.2 Å². The van der Waals surface area contributed by atoms with Gasteiger partial charge >= 0.3 is 0 Å². The molecule has 0 amide bonds. The molecule has 0 aliphatic carbocycles. The SMILES string of the molecule is O=c1ccc(-c2nc(-c3ccc(CN4CCCC4)cc3)no2)nn1-c1ccc(F)cc1. The van der Waals surface area contributed by atoms with Gasteiger partial charge in [-0.2, -0.15) is 14.8 Å². The van der Waals surface area contributed by atoms with Gasteiger partial charge in [0.1, 0.15) is 11.5 Å². The highest BCUT2D eigenvalue weighted by Gasteiger charge is 2.15. The van der Waals surface area contributed by atoms with Gasteiger partial charge in [0.2, 0.25) is 5.82 Å². The molecule has 2 aromatic heterocycles. The number of likely N-dealkylation sites (tertiary alicyclic amines) is 1. The Bertz CT molecular complexity index is 1240. The highest BCUT2D eigenvalue weighted by Crippen LogP contribution is 2.22. The molecule has 2 aromatic carbocycles. The molecular weight excluding hydrogens is 397 g/mol. The van der Waals surface area contributed by atoms with Crippen LogP contribution in [-0.2, 0) is 6.54 Å². The lowest BCUT2D eigenvalue weighted by Crippen LogP contribution is -2.20. The molecule has 0 N–H and O–H groups in total. The van der Waals surface area contributed by atoms with Crippen molar-refractivity contribution in [2.24, 2.45) is 0 Å². The fourth-order valence-electron chi connectivity index (χ4n) is 3.70. The number of rotatable bonds is 5. The number of hydrogen-bond acceptors (Lipinski definition) is 6. The van der Waals surface area contributed by atoms with Gasteiger partial charge in [-0.15, -0.1) is 0 Å². The van der Waals surface area contributed by atoms with Crippen LogP contribution in [0.1, 0.15) is 18.4 Å². The number of nitrogens with zero attached hydrogens (tertiary/aromatic N) is 5. The number of halogens is 1. The van der Waals surface area contributed by atoms with Crippen molar-refractivity contribution >= 4 is 0 Å². The van der Waals surface area contributed by atoms with Crippen molar-refractivity contribution in [1.29, 1.82) is 0 Å². The van der Waals surface area contributed by atoms with E-state index in [2.05, 4.69) is 32.3 Å². The van der Waals surface area contributed by atoms with Crippen LogP contribution in [0.5, 0.6) is 0 Å². The number of aromatic nitrogens is 4. The zero-order valence-electron chi connectivity index (χ0n) is 16.7. The first-order valence-electron chi connectivity index (χ1n) is 10.2. The maximum absolute atomic E-state index is 13.2. The van der Waals surface area contributed by atoms with Crippen molar-refractivity contribution < 1.29 is 8.91 Å². The van der Waals surface area contributed by atoms with E-state index in [-0.39, 0.29) is 17.3 Å². The molecule has 0 atom stereocenters. The molecule has 1 saturated heterocycles. The van der Waals surface area contributed by atoms with Gasteiger partial charge < -0.3 is 4.52 Å². The molecule has 1 fully saturated rings. The van der Waals surface area contributed by atoms with Crippen LogP contribution in [0.25, 0.3) is 28.7 Å². The lowest BCUT2D eigenvalue weighted by atomic mass is 10.1.